The van der Waals surface area contributed by atoms with Gasteiger partial charge < -0.3 is 20.1 Å². The number of amides is 2. The molecular weight excluding hydrogens is 320 g/mol. The fourth-order valence-electron chi connectivity index (χ4n) is 2.18. The summed E-state index contributed by atoms with van der Waals surface area (Å²) in [6.07, 6.45) is 0. The molecule has 0 radical (unpaired) electrons. The van der Waals surface area contributed by atoms with E-state index < -0.39 is 0 Å². The van der Waals surface area contributed by atoms with Gasteiger partial charge in [0.2, 0.25) is 0 Å². The number of anilines is 1. The van der Waals surface area contributed by atoms with E-state index in [4.69, 9.17) is 9.47 Å². The third-order valence-corrected chi connectivity index (χ3v) is 3.41. The van der Waals surface area contributed by atoms with Gasteiger partial charge in [-0.05, 0) is 43.3 Å². The summed E-state index contributed by atoms with van der Waals surface area (Å²) in [4.78, 5) is 24.1. The molecule has 2 N–H and O–H groups in total. The Balaban J connectivity index is 2.02. The summed E-state index contributed by atoms with van der Waals surface area (Å²) in [6, 6.07) is 13.7. The number of hydrogen-bond acceptors (Lipinski definition) is 4. The van der Waals surface area contributed by atoms with Crippen molar-refractivity contribution in [3.63, 3.8) is 0 Å². The Labute approximate surface area is 147 Å². The predicted molar refractivity (Wildman–Crippen MR) is 96.2 cm³/mol. The Morgan fingerprint density at radius 3 is 2.40 bits per heavy atom. The monoisotopic (exact) mass is 342 g/mol. The van der Waals surface area contributed by atoms with E-state index in [9.17, 15) is 9.59 Å². The van der Waals surface area contributed by atoms with Crippen molar-refractivity contribution >= 4 is 17.5 Å². The van der Waals surface area contributed by atoms with E-state index in [1.54, 1.807) is 55.6 Å². The molecule has 0 saturated heterocycles. The number of rotatable bonds is 8. The van der Waals surface area contributed by atoms with Gasteiger partial charge in [-0.3, -0.25) is 9.59 Å². The van der Waals surface area contributed by atoms with Gasteiger partial charge in [0, 0.05) is 30.5 Å². The lowest BCUT2D eigenvalue weighted by Crippen LogP contribution is -2.18. The molecule has 6 nitrogen and oxygen atoms in total. The Hall–Kier alpha value is -2.86. The van der Waals surface area contributed by atoms with Gasteiger partial charge in [-0.25, -0.2) is 0 Å². The zero-order valence-corrected chi connectivity index (χ0v) is 14.4. The standard InChI is InChI=1S/C19H22N2O4/c1-3-24-10-11-25-17-9-5-7-15(13-17)19(23)21-16-8-4-6-14(12-16)18(22)20-2/h4-9,12-13H,3,10-11H2,1-2H3,(H,20,22)(H,21,23). The van der Waals surface area contributed by atoms with Crippen LogP contribution in [0.4, 0.5) is 5.69 Å². The van der Waals surface area contributed by atoms with E-state index in [1.165, 1.54) is 0 Å². The summed E-state index contributed by atoms with van der Waals surface area (Å²) in [5.74, 6) is 0.122. The van der Waals surface area contributed by atoms with E-state index in [1.807, 2.05) is 6.92 Å². The van der Waals surface area contributed by atoms with Gasteiger partial charge in [0.1, 0.15) is 12.4 Å². The van der Waals surface area contributed by atoms with Crippen LogP contribution in [0.25, 0.3) is 0 Å². The average Bonchev–Trinajstić information content (AvgIpc) is 2.65. The molecule has 2 amide bonds. The van der Waals surface area contributed by atoms with Gasteiger partial charge in [0.25, 0.3) is 11.8 Å². The molecular formula is C19H22N2O4. The maximum absolute atomic E-state index is 12.4. The quantitative estimate of drug-likeness (QED) is 0.723. The topological polar surface area (TPSA) is 76.7 Å². The van der Waals surface area contributed by atoms with Crippen LogP contribution in [-0.2, 0) is 4.74 Å². The summed E-state index contributed by atoms with van der Waals surface area (Å²) in [6.45, 7) is 3.48. The van der Waals surface area contributed by atoms with Crippen molar-refractivity contribution in [2.24, 2.45) is 0 Å². The predicted octanol–water partition coefficient (Wildman–Crippen LogP) is 2.71. The van der Waals surface area contributed by atoms with Crippen molar-refractivity contribution < 1.29 is 19.1 Å². The second-order valence-electron chi connectivity index (χ2n) is 5.19. The molecule has 0 aliphatic heterocycles. The second-order valence-corrected chi connectivity index (χ2v) is 5.19. The van der Waals surface area contributed by atoms with Crippen molar-refractivity contribution in [1.82, 2.24) is 5.32 Å². The first kappa shape index (κ1) is 18.5. The number of nitrogens with one attached hydrogen (secondary N) is 2. The van der Waals surface area contributed by atoms with Crippen LogP contribution in [0.5, 0.6) is 5.75 Å². The molecule has 0 unspecified atom stereocenters. The lowest BCUT2D eigenvalue weighted by molar-refractivity contribution is 0.0961. The van der Waals surface area contributed by atoms with E-state index >= 15 is 0 Å². The van der Waals surface area contributed by atoms with Crippen molar-refractivity contribution in [2.75, 3.05) is 32.2 Å². The SMILES string of the molecule is CCOCCOc1cccc(C(=O)Nc2cccc(C(=O)NC)c2)c1. The van der Waals surface area contributed by atoms with E-state index in [2.05, 4.69) is 10.6 Å². The summed E-state index contributed by atoms with van der Waals surface area (Å²) in [5.41, 5.74) is 1.50. The first-order valence-corrected chi connectivity index (χ1v) is 8.08. The molecule has 2 aromatic carbocycles. The van der Waals surface area contributed by atoms with Gasteiger partial charge in [0.15, 0.2) is 0 Å². The van der Waals surface area contributed by atoms with Crippen LogP contribution in [0.2, 0.25) is 0 Å². The molecule has 0 spiro atoms. The smallest absolute Gasteiger partial charge is 0.255 e. The molecule has 0 aromatic heterocycles. The van der Waals surface area contributed by atoms with Gasteiger partial charge >= 0.3 is 0 Å². The third kappa shape index (κ3) is 5.61. The Morgan fingerprint density at radius 1 is 0.960 bits per heavy atom. The molecule has 2 rings (SSSR count). The minimum atomic E-state index is -0.274. The Kier molecular flexibility index (Phi) is 6.98. The van der Waals surface area contributed by atoms with Gasteiger partial charge in [0.05, 0.1) is 6.61 Å². The third-order valence-electron chi connectivity index (χ3n) is 3.41. The maximum Gasteiger partial charge on any atom is 0.255 e. The van der Waals surface area contributed by atoms with Gasteiger partial charge in [-0.15, -0.1) is 0 Å². The minimum absolute atomic E-state index is 0.208. The maximum atomic E-state index is 12.4. The fourth-order valence-corrected chi connectivity index (χ4v) is 2.18. The molecule has 0 aliphatic rings. The van der Waals surface area contributed by atoms with Crippen molar-refractivity contribution in [3.8, 4) is 5.75 Å². The number of carbonyl (C=O) groups excluding carboxylic acids is 2. The summed E-state index contributed by atoms with van der Waals surface area (Å²) < 4.78 is 10.8. The molecule has 25 heavy (non-hydrogen) atoms. The number of benzene rings is 2. The molecule has 0 fully saturated rings. The summed E-state index contributed by atoms with van der Waals surface area (Å²) in [5, 5.41) is 5.33. The van der Waals surface area contributed by atoms with Gasteiger partial charge in [-0.2, -0.15) is 0 Å². The highest BCUT2D eigenvalue weighted by Gasteiger charge is 2.09. The highest BCUT2D eigenvalue weighted by atomic mass is 16.5. The van der Waals surface area contributed by atoms with E-state index in [0.717, 1.165) is 0 Å². The normalized spacial score (nSPS) is 10.2. The largest absolute Gasteiger partial charge is 0.491 e. The summed E-state index contributed by atoms with van der Waals surface area (Å²) in [7, 11) is 1.56. The molecule has 2 aromatic rings. The Morgan fingerprint density at radius 2 is 1.68 bits per heavy atom. The zero-order valence-electron chi connectivity index (χ0n) is 14.4. The van der Waals surface area contributed by atoms with Gasteiger partial charge in [-0.1, -0.05) is 12.1 Å². The highest BCUT2D eigenvalue weighted by molar-refractivity contribution is 6.05. The molecule has 0 heterocycles. The molecule has 0 bridgehead atoms. The van der Waals surface area contributed by atoms with Crippen molar-refractivity contribution in [2.45, 2.75) is 6.92 Å². The Bertz CT molecular complexity index is 731. The molecule has 0 saturated carbocycles. The number of carbonyl (C=O) groups is 2. The van der Waals surface area contributed by atoms with Crippen LogP contribution in [0, 0.1) is 0 Å². The number of hydrogen-bond donors (Lipinski definition) is 2. The fraction of sp³-hybridized carbons (Fsp3) is 0.263. The van der Waals surface area contributed by atoms with Crippen LogP contribution >= 0.6 is 0 Å². The van der Waals surface area contributed by atoms with Crippen LogP contribution < -0.4 is 15.4 Å². The minimum Gasteiger partial charge on any atom is -0.491 e. The van der Waals surface area contributed by atoms with E-state index in [0.29, 0.717) is 42.4 Å². The van der Waals surface area contributed by atoms with Crippen LogP contribution in [0.15, 0.2) is 48.5 Å². The van der Waals surface area contributed by atoms with Crippen LogP contribution in [0.1, 0.15) is 27.6 Å². The molecule has 132 valence electrons. The molecule has 0 aliphatic carbocycles. The van der Waals surface area contributed by atoms with Crippen molar-refractivity contribution in [1.29, 1.82) is 0 Å². The lowest BCUT2D eigenvalue weighted by atomic mass is 10.1. The molecule has 6 heteroatoms. The average molecular weight is 342 g/mol. The first-order valence-electron chi connectivity index (χ1n) is 8.08. The summed E-state index contributed by atoms with van der Waals surface area (Å²) >= 11 is 0. The second kappa shape index (κ2) is 9.44. The van der Waals surface area contributed by atoms with Crippen LogP contribution in [-0.4, -0.2) is 38.7 Å². The number of ether oxygens (including phenoxy) is 2. The van der Waals surface area contributed by atoms with E-state index in [-0.39, 0.29) is 11.8 Å². The first-order chi connectivity index (χ1) is 12.1. The lowest BCUT2D eigenvalue weighted by Gasteiger charge is -2.09. The van der Waals surface area contributed by atoms with Crippen molar-refractivity contribution in [3.05, 3.63) is 59.7 Å². The zero-order chi connectivity index (χ0) is 18.1. The molecule has 0 atom stereocenters. The highest BCUT2D eigenvalue weighted by Crippen LogP contribution is 2.16. The van der Waals surface area contributed by atoms with Crippen LogP contribution in [0.3, 0.4) is 0 Å².